The second-order valence-electron chi connectivity index (χ2n) is 3.84. The second kappa shape index (κ2) is 9.94. The third-order valence-electron chi connectivity index (χ3n) is 2.31. The fraction of sp³-hybridized carbons (Fsp3) is 0.917. The van der Waals surface area contributed by atoms with Gasteiger partial charge in [-0.15, -0.1) is 0 Å². The molecule has 0 aromatic carbocycles. The van der Waals surface area contributed by atoms with Crippen molar-refractivity contribution in [3.8, 4) is 0 Å². The molecule has 3 heteroatoms. The van der Waals surface area contributed by atoms with E-state index in [9.17, 15) is 9.18 Å². The minimum Gasteiger partial charge on any atom is -0.464 e. The fourth-order valence-electron chi connectivity index (χ4n) is 1.28. The molecular formula is C12H23FO2. The molecular weight excluding hydrogens is 195 g/mol. The van der Waals surface area contributed by atoms with Crippen molar-refractivity contribution in [2.24, 2.45) is 0 Å². The molecule has 0 saturated heterocycles. The molecule has 0 aliphatic carbocycles. The smallest absolute Gasteiger partial charge is 0.340 e. The van der Waals surface area contributed by atoms with E-state index in [0.29, 0.717) is 13.0 Å². The van der Waals surface area contributed by atoms with Gasteiger partial charge in [0.1, 0.15) is 0 Å². The molecule has 0 saturated carbocycles. The van der Waals surface area contributed by atoms with Crippen molar-refractivity contribution < 1.29 is 13.9 Å². The lowest BCUT2D eigenvalue weighted by Gasteiger charge is -2.08. The third-order valence-corrected chi connectivity index (χ3v) is 2.31. The van der Waals surface area contributed by atoms with Crippen LogP contribution in [-0.2, 0) is 9.53 Å². The van der Waals surface area contributed by atoms with Crippen LogP contribution in [0.1, 0.15) is 58.8 Å². The number of esters is 1. The average molecular weight is 218 g/mol. The maximum atomic E-state index is 13.2. The molecule has 0 radical (unpaired) electrons. The molecule has 0 spiro atoms. The van der Waals surface area contributed by atoms with Crippen LogP contribution in [-0.4, -0.2) is 18.7 Å². The molecule has 0 aliphatic heterocycles. The van der Waals surface area contributed by atoms with Crippen molar-refractivity contribution in [1.29, 1.82) is 0 Å². The highest BCUT2D eigenvalue weighted by Gasteiger charge is 2.17. The Hall–Kier alpha value is -0.600. The van der Waals surface area contributed by atoms with E-state index in [1.165, 1.54) is 0 Å². The molecule has 0 N–H and O–H groups in total. The van der Waals surface area contributed by atoms with E-state index in [-0.39, 0.29) is 0 Å². The van der Waals surface area contributed by atoms with Gasteiger partial charge in [0.2, 0.25) is 0 Å². The van der Waals surface area contributed by atoms with Crippen LogP contribution >= 0.6 is 0 Å². The van der Waals surface area contributed by atoms with E-state index >= 15 is 0 Å². The zero-order valence-electron chi connectivity index (χ0n) is 9.93. The summed E-state index contributed by atoms with van der Waals surface area (Å²) in [5.74, 6) is -0.681. The molecule has 0 aromatic heterocycles. The molecule has 0 rings (SSSR count). The maximum absolute atomic E-state index is 13.2. The maximum Gasteiger partial charge on any atom is 0.340 e. The second-order valence-corrected chi connectivity index (χ2v) is 3.84. The monoisotopic (exact) mass is 218 g/mol. The lowest BCUT2D eigenvalue weighted by Crippen LogP contribution is -2.19. The first-order chi connectivity index (χ1) is 7.22. The number of ether oxygens (including phenoxy) is 1. The van der Waals surface area contributed by atoms with Crippen LogP contribution in [0.25, 0.3) is 0 Å². The topological polar surface area (TPSA) is 26.3 Å². The van der Waals surface area contributed by atoms with Crippen LogP contribution in [0.3, 0.4) is 0 Å². The largest absolute Gasteiger partial charge is 0.464 e. The molecule has 1 atom stereocenters. The van der Waals surface area contributed by atoms with Crippen molar-refractivity contribution in [3.63, 3.8) is 0 Å². The normalized spacial score (nSPS) is 12.5. The summed E-state index contributed by atoms with van der Waals surface area (Å²) in [7, 11) is 0. The van der Waals surface area contributed by atoms with Gasteiger partial charge in [-0.3, -0.25) is 0 Å². The molecule has 15 heavy (non-hydrogen) atoms. The van der Waals surface area contributed by atoms with Crippen molar-refractivity contribution in [1.82, 2.24) is 0 Å². The van der Waals surface area contributed by atoms with E-state index in [4.69, 9.17) is 4.74 Å². The number of rotatable bonds is 9. The van der Waals surface area contributed by atoms with Gasteiger partial charge in [-0.1, -0.05) is 39.5 Å². The Kier molecular flexibility index (Phi) is 9.54. The summed E-state index contributed by atoms with van der Waals surface area (Å²) in [6.07, 6.45) is 4.67. The van der Waals surface area contributed by atoms with E-state index in [0.717, 1.165) is 38.5 Å². The molecule has 0 amide bonds. The minimum absolute atomic E-state index is 0.310. The summed E-state index contributed by atoms with van der Waals surface area (Å²) in [6.45, 7) is 4.46. The van der Waals surface area contributed by atoms with Crippen LogP contribution in [0.15, 0.2) is 0 Å². The first kappa shape index (κ1) is 14.4. The van der Waals surface area contributed by atoms with Crippen molar-refractivity contribution in [2.75, 3.05) is 6.61 Å². The SMILES string of the molecule is CCCCCCC(F)C(=O)OCCCC. The zero-order chi connectivity index (χ0) is 11.5. The van der Waals surface area contributed by atoms with E-state index in [1.807, 2.05) is 6.92 Å². The zero-order valence-corrected chi connectivity index (χ0v) is 9.93. The number of carbonyl (C=O) groups excluding carboxylic acids is 1. The highest BCUT2D eigenvalue weighted by atomic mass is 19.1. The van der Waals surface area contributed by atoms with Crippen molar-refractivity contribution in [3.05, 3.63) is 0 Å². The number of hydrogen-bond acceptors (Lipinski definition) is 2. The summed E-state index contributed by atoms with van der Waals surface area (Å²) < 4.78 is 18.0. The Morgan fingerprint density at radius 3 is 2.40 bits per heavy atom. The first-order valence-electron chi connectivity index (χ1n) is 6.03. The fourth-order valence-corrected chi connectivity index (χ4v) is 1.28. The summed E-state index contributed by atoms with van der Waals surface area (Å²) in [5.41, 5.74) is 0. The van der Waals surface area contributed by atoms with Crippen LogP contribution in [0.4, 0.5) is 4.39 Å². The van der Waals surface area contributed by atoms with Crippen molar-refractivity contribution in [2.45, 2.75) is 65.0 Å². The van der Waals surface area contributed by atoms with E-state index in [1.54, 1.807) is 0 Å². The lowest BCUT2D eigenvalue weighted by atomic mass is 10.1. The third kappa shape index (κ3) is 8.40. The summed E-state index contributed by atoms with van der Waals surface area (Å²) in [5, 5.41) is 0. The Balaban J connectivity index is 3.42. The summed E-state index contributed by atoms with van der Waals surface area (Å²) in [4.78, 5) is 11.1. The highest BCUT2D eigenvalue weighted by Crippen LogP contribution is 2.09. The number of unbranched alkanes of at least 4 members (excludes halogenated alkanes) is 4. The number of halogens is 1. The van der Waals surface area contributed by atoms with E-state index < -0.39 is 12.1 Å². The molecule has 0 fully saturated rings. The standard InChI is InChI=1S/C12H23FO2/c1-3-5-7-8-9-11(13)12(14)15-10-6-4-2/h11H,3-10H2,1-2H3. The highest BCUT2D eigenvalue weighted by molar-refractivity contribution is 5.74. The van der Waals surface area contributed by atoms with Crippen molar-refractivity contribution >= 4 is 5.97 Å². The molecule has 0 aromatic rings. The van der Waals surface area contributed by atoms with Crippen LogP contribution in [0.2, 0.25) is 0 Å². The van der Waals surface area contributed by atoms with Crippen LogP contribution in [0, 0.1) is 0 Å². The Labute approximate surface area is 92.2 Å². The van der Waals surface area contributed by atoms with Gasteiger partial charge in [0, 0.05) is 0 Å². The number of carbonyl (C=O) groups is 1. The predicted octanol–water partition coefficient (Wildman–Crippen LogP) is 3.64. The first-order valence-corrected chi connectivity index (χ1v) is 6.03. The molecule has 1 unspecified atom stereocenters. The lowest BCUT2D eigenvalue weighted by molar-refractivity contribution is -0.150. The number of alkyl halides is 1. The molecule has 2 nitrogen and oxygen atoms in total. The summed E-state index contributed by atoms with van der Waals surface area (Å²) >= 11 is 0. The average Bonchev–Trinajstić information content (AvgIpc) is 2.24. The Bertz CT molecular complexity index is 160. The van der Waals surface area contributed by atoms with Gasteiger partial charge in [-0.25, -0.2) is 9.18 Å². The van der Waals surface area contributed by atoms with Gasteiger partial charge in [0.25, 0.3) is 0 Å². The predicted molar refractivity (Wildman–Crippen MR) is 59.5 cm³/mol. The molecule has 0 bridgehead atoms. The minimum atomic E-state index is -1.42. The Morgan fingerprint density at radius 1 is 1.13 bits per heavy atom. The van der Waals surface area contributed by atoms with Gasteiger partial charge in [-0.05, 0) is 19.3 Å². The molecule has 0 aliphatic rings. The van der Waals surface area contributed by atoms with Gasteiger partial charge < -0.3 is 4.74 Å². The quantitative estimate of drug-likeness (QED) is 0.436. The van der Waals surface area contributed by atoms with Gasteiger partial charge in [-0.2, -0.15) is 0 Å². The van der Waals surface area contributed by atoms with Crippen LogP contribution in [0.5, 0.6) is 0 Å². The van der Waals surface area contributed by atoms with Crippen LogP contribution < -0.4 is 0 Å². The molecule has 0 heterocycles. The number of hydrogen-bond donors (Lipinski definition) is 0. The Morgan fingerprint density at radius 2 is 1.80 bits per heavy atom. The summed E-state index contributed by atoms with van der Waals surface area (Å²) in [6, 6.07) is 0. The van der Waals surface area contributed by atoms with Gasteiger partial charge in [0.15, 0.2) is 6.17 Å². The van der Waals surface area contributed by atoms with E-state index in [2.05, 4.69) is 6.92 Å². The van der Waals surface area contributed by atoms with Gasteiger partial charge in [0.05, 0.1) is 6.61 Å². The van der Waals surface area contributed by atoms with Gasteiger partial charge >= 0.3 is 5.97 Å². The molecule has 90 valence electrons.